The Morgan fingerprint density at radius 3 is 2.58 bits per heavy atom. The molecule has 2 aliphatic rings. The first-order chi connectivity index (χ1) is 12.4. The Balaban J connectivity index is 1.60. The van der Waals surface area contributed by atoms with Crippen LogP contribution in [0.15, 0.2) is 18.2 Å². The third-order valence-electron chi connectivity index (χ3n) is 5.37. The number of hydrogen-bond donors (Lipinski definition) is 2. The van der Waals surface area contributed by atoms with Crippen LogP contribution in [0.25, 0.3) is 0 Å². The SMILES string of the molecule is Cc1ccc(C)c(OCC(O)CN2C(=O)NC3(CCCCCC3)C2=O)c1. The topological polar surface area (TPSA) is 78.9 Å². The van der Waals surface area contributed by atoms with Crippen molar-refractivity contribution in [3.8, 4) is 5.75 Å². The second kappa shape index (κ2) is 7.66. The van der Waals surface area contributed by atoms with Crippen LogP contribution in [0.5, 0.6) is 5.75 Å². The molecule has 1 heterocycles. The van der Waals surface area contributed by atoms with Gasteiger partial charge in [0.2, 0.25) is 0 Å². The van der Waals surface area contributed by atoms with Gasteiger partial charge in [-0.3, -0.25) is 9.69 Å². The van der Waals surface area contributed by atoms with E-state index in [-0.39, 0.29) is 19.1 Å². The normalized spacial score (nSPS) is 20.8. The number of hydrogen-bond acceptors (Lipinski definition) is 4. The van der Waals surface area contributed by atoms with E-state index in [4.69, 9.17) is 4.74 Å². The van der Waals surface area contributed by atoms with Crippen molar-refractivity contribution in [1.29, 1.82) is 0 Å². The highest BCUT2D eigenvalue weighted by molar-refractivity contribution is 6.07. The van der Waals surface area contributed by atoms with Gasteiger partial charge in [-0.1, -0.05) is 37.8 Å². The van der Waals surface area contributed by atoms with Crippen LogP contribution < -0.4 is 10.1 Å². The Kier molecular flexibility index (Phi) is 5.51. The molecule has 6 nitrogen and oxygen atoms in total. The van der Waals surface area contributed by atoms with Crippen LogP contribution in [0.3, 0.4) is 0 Å². The third kappa shape index (κ3) is 3.85. The number of ether oxygens (including phenoxy) is 1. The second-order valence-corrected chi connectivity index (χ2v) is 7.58. The van der Waals surface area contributed by atoms with Crippen LogP contribution in [0.2, 0.25) is 0 Å². The van der Waals surface area contributed by atoms with Crippen molar-refractivity contribution in [3.63, 3.8) is 0 Å². The molecule has 3 rings (SSSR count). The molecule has 6 heteroatoms. The van der Waals surface area contributed by atoms with Crippen molar-refractivity contribution in [2.45, 2.75) is 64.0 Å². The van der Waals surface area contributed by atoms with Gasteiger partial charge >= 0.3 is 6.03 Å². The number of imide groups is 1. The highest BCUT2D eigenvalue weighted by Gasteiger charge is 2.50. The summed E-state index contributed by atoms with van der Waals surface area (Å²) in [6, 6.07) is 5.47. The molecular formula is C20H28N2O4. The molecule has 26 heavy (non-hydrogen) atoms. The first-order valence-electron chi connectivity index (χ1n) is 9.43. The first-order valence-corrected chi connectivity index (χ1v) is 9.43. The van der Waals surface area contributed by atoms with Gasteiger partial charge in [0.05, 0.1) is 6.54 Å². The maximum Gasteiger partial charge on any atom is 0.325 e. The van der Waals surface area contributed by atoms with Gasteiger partial charge in [-0.25, -0.2) is 4.79 Å². The zero-order valence-electron chi connectivity index (χ0n) is 15.6. The van der Waals surface area contributed by atoms with Crippen molar-refractivity contribution >= 4 is 11.9 Å². The average Bonchev–Trinajstić information content (AvgIpc) is 2.78. The third-order valence-corrected chi connectivity index (χ3v) is 5.37. The van der Waals surface area contributed by atoms with Crippen molar-refractivity contribution < 1.29 is 19.4 Å². The maximum atomic E-state index is 12.8. The lowest BCUT2D eigenvalue weighted by Crippen LogP contribution is -2.47. The Morgan fingerprint density at radius 2 is 1.88 bits per heavy atom. The van der Waals surface area contributed by atoms with Crippen LogP contribution in [0.1, 0.15) is 49.7 Å². The van der Waals surface area contributed by atoms with Gasteiger partial charge in [-0.05, 0) is 43.9 Å². The minimum atomic E-state index is -0.925. The molecule has 2 fully saturated rings. The first kappa shape index (κ1) is 18.7. The fraction of sp³-hybridized carbons (Fsp3) is 0.600. The van der Waals surface area contributed by atoms with E-state index in [0.717, 1.165) is 41.7 Å². The van der Waals surface area contributed by atoms with Crippen LogP contribution in [0.4, 0.5) is 4.79 Å². The monoisotopic (exact) mass is 360 g/mol. The second-order valence-electron chi connectivity index (χ2n) is 7.58. The minimum absolute atomic E-state index is 0.0361. The zero-order valence-corrected chi connectivity index (χ0v) is 15.6. The summed E-state index contributed by atoms with van der Waals surface area (Å²) in [7, 11) is 0. The van der Waals surface area contributed by atoms with E-state index in [2.05, 4.69) is 5.32 Å². The molecule has 0 bridgehead atoms. The molecule has 142 valence electrons. The van der Waals surface area contributed by atoms with Crippen molar-refractivity contribution in [3.05, 3.63) is 29.3 Å². The number of aliphatic hydroxyl groups excluding tert-OH is 1. The van der Waals surface area contributed by atoms with Gasteiger partial charge in [-0.2, -0.15) is 0 Å². The Labute approximate surface area is 154 Å². The number of rotatable bonds is 5. The fourth-order valence-electron chi connectivity index (χ4n) is 3.83. The van der Waals surface area contributed by atoms with E-state index in [9.17, 15) is 14.7 Å². The van der Waals surface area contributed by atoms with Gasteiger partial charge in [0, 0.05) is 0 Å². The van der Waals surface area contributed by atoms with Crippen molar-refractivity contribution in [2.24, 2.45) is 0 Å². The predicted molar refractivity (Wildman–Crippen MR) is 98.1 cm³/mol. The molecular weight excluding hydrogens is 332 g/mol. The summed E-state index contributed by atoms with van der Waals surface area (Å²) >= 11 is 0. The quantitative estimate of drug-likeness (QED) is 0.792. The number of nitrogens with zero attached hydrogens (tertiary/aromatic N) is 1. The molecule has 1 saturated carbocycles. The molecule has 1 aromatic carbocycles. The summed E-state index contributed by atoms with van der Waals surface area (Å²) in [6.45, 7) is 3.90. The number of nitrogens with one attached hydrogen (secondary N) is 1. The van der Waals surface area contributed by atoms with E-state index in [1.54, 1.807) is 0 Å². The van der Waals surface area contributed by atoms with Crippen molar-refractivity contribution in [1.82, 2.24) is 10.2 Å². The number of carbonyl (C=O) groups excluding carboxylic acids is 2. The molecule has 3 amide bonds. The highest BCUT2D eigenvalue weighted by atomic mass is 16.5. The summed E-state index contributed by atoms with van der Waals surface area (Å²) < 4.78 is 5.70. The summed E-state index contributed by atoms with van der Waals surface area (Å²) in [4.78, 5) is 26.3. The van der Waals surface area contributed by atoms with E-state index < -0.39 is 17.7 Å². The van der Waals surface area contributed by atoms with Crippen LogP contribution in [-0.4, -0.2) is 46.7 Å². The Bertz CT molecular complexity index is 680. The van der Waals surface area contributed by atoms with E-state index in [1.807, 2.05) is 32.0 Å². The zero-order chi connectivity index (χ0) is 18.7. The van der Waals surface area contributed by atoms with E-state index >= 15 is 0 Å². The van der Waals surface area contributed by atoms with Crippen molar-refractivity contribution in [2.75, 3.05) is 13.2 Å². The molecule has 2 N–H and O–H groups in total. The summed E-state index contributed by atoms with van der Waals surface area (Å²) in [5, 5.41) is 13.2. The Hall–Kier alpha value is -2.08. The number of carbonyl (C=O) groups is 2. The highest BCUT2D eigenvalue weighted by Crippen LogP contribution is 2.32. The summed E-state index contributed by atoms with van der Waals surface area (Å²) in [5.74, 6) is 0.511. The molecule has 1 aromatic rings. The average molecular weight is 360 g/mol. The number of β-amino-alcohol motifs (C(OH)–C–C–N with tert-alkyl or cyclic N) is 1. The Morgan fingerprint density at radius 1 is 1.19 bits per heavy atom. The van der Waals surface area contributed by atoms with Crippen LogP contribution in [-0.2, 0) is 4.79 Å². The lowest BCUT2D eigenvalue weighted by atomic mass is 9.90. The smallest absolute Gasteiger partial charge is 0.325 e. The maximum absolute atomic E-state index is 12.8. The van der Waals surface area contributed by atoms with E-state index in [0.29, 0.717) is 18.6 Å². The number of amides is 3. The molecule has 1 aliphatic carbocycles. The molecule has 1 saturated heterocycles. The minimum Gasteiger partial charge on any atom is -0.491 e. The number of urea groups is 1. The number of aliphatic hydroxyl groups is 1. The number of aryl methyl sites for hydroxylation is 2. The molecule has 1 spiro atoms. The van der Waals surface area contributed by atoms with Crippen LogP contribution >= 0.6 is 0 Å². The fourth-order valence-corrected chi connectivity index (χ4v) is 3.83. The molecule has 0 aromatic heterocycles. The standard InChI is InChI=1S/C20H28N2O4/c1-14-7-8-15(2)17(11-14)26-13-16(23)12-22-18(24)20(21-19(22)25)9-5-3-4-6-10-20/h7-8,11,16,23H,3-6,9-10,12-13H2,1-2H3,(H,21,25). The lowest BCUT2D eigenvalue weighted by molar-refractivity contribution is -0.132. The molecule has 1 atom stereocenters. The summed E-state index contributed by atoms with van der Waals surface area (Å²) in [5.41, 5.74) is 1.29. The van der Waals surface area contributed by atoms with Gasteiger partial charge in [0.1, 0.15) is 24.0 Å². The van der Waals surface area contributed by atoms with Crippen LogP contribution in [0, 0.1) is 13.8 Å². The molecule has 0 radical (unpaired) electrons. The molecule has 1 unspecified atom stereocenters. The van der Waals surface area contributed by atoms with Gasteiger partial charge in [-0.15, -0.1) is 0 Å². The van der Waals surface area contributed by atoms with Gasteiger partial charge in [0.15, 0.2) is 0 Å². The van der Waals surface area contributed by atoms with Gasteiger partial charge < -0.3 is 15.2 Å². The largest absolute Gasteiger partial charge is 0.491 e. The summed E-state index contributed by atoms with van der Waals surface area (Å²) in [6.07, 6.45) is 4.52. The molecule has 1 aliphatic heterocycles. The lowest BCUT2D eigenvalue weighted by Gasteiger charge is -2.25. The number of benzene rings is 1. The predicted octanol–water partition coefficient (Wildman–Crippen LogP) is 2.69. The van der Waals surface area contributed by atoms with E-state index in [1.165, 1.54) is 0 Å². The van der Waals surface area contributed by atoms with Gasteiger partial charge in [0.25, 0.3) is 5.91 Å².